The largest absolute Gasteiger partial charge is 0.490 e. The van der Waals surface area contributed by atoms with Gasteiger partial charge in [0.2, 0.25) is 0 Å². The normalized spacial score (nSPS) is 16.4. The Kier molecular flexibility index (Phi) is 4.76. The molecule has 100 valence electrons. The molecule has 0 bridgehead atoms. The van der Waals surface area contributed by atoms with Gasteiger partial charge >= 0.3 is 0 Å². The summed E-state index contributed by atoms with van der Waals surface area (Å²) in [6, 6.07) is 6.22. The van der Waals surface area contributed by atoms with Crippen molar-refractivity contribution in [3.05, 3.63) is 23.8 Å². The predicted octanol–water partition coefficient (Wildman–Crippen LogP) is 4.22. The topological polar surface area (TPSA) is 18.5 Å². The van der Waals surface area contributed by atoms with Crippen molar-refractivity contribution in [1.82, 2.24) is 0 Å². The summed E-state index contributed by atoms with van der Waals surface area (Å²) in [5.41, 5.74) is 1.25. The van der Waals surface area contributed by atoms with Crippen molar-refractivity contribution in [2.45, 2.75) is 32.6 Å². The Morgan fingerprint density at radius 3 is 2.56 bits per heavy atom. The van der Waals surface area contributed by atoms with Gasteiger partial charge in [0, 0.05) is 12.3 Å². The number of alkyl halides is 1. The molecule has 0 radical (unpaired) electrons. The minimum atomic E-state index is 0.392. The zero-order chi connectivity index (χ0) is 13.0. The second-order valence-corrected chi connectivity index (χ2v) is 5.55. The first-order valence-corrected chi connectivity index (χ1v) is 7.19. The van der Waals surface area contributed by atoms with Crippen molar-refractivity contribution in [2.24, 2.45) is 5.92 Å². The highest BCUT2D eigenvalue weighted by atomic mass is 35.5. The predicted molar refractivity (Wildman–Crippen MR) is 75.0 cm³/mol. The highest BCUT2D eigenvalue weighted by molar-refractivity contribution is 6.18. The zero-order valence-corrected chi connectivity index (χ0v) is 11.9. The summed E-state index contributed by atoms with van der Waals surface area (Å²) in [5, 5.41) is 0. The number of hydrogen-bond donors (Lipinski definition) is 0. The molecule has 2 nitrogen and oxygen atoms in total. The summed E-state index contributed by atoms with van der Waals surface area (Å²) >= 11 is 6.09. The highest BCUT2D eigenvalue weighted by Gasteiger charge is 2.16. The lowest BCUT2D eigenvalue weighted by atomic mass is 9.91. The first-order valence-electron chi connectivity index (χ1n) is 6.66. The van der Waals surface area contributed by atoms with E-state index >= 15 is 0 Å². The second kappa shape index (κ2) is 6.33. The lowest BCUT2D eigenvalue weighted by Gasteiger charge is -2.18. The van der Waals surface area contributed by atoms with E-state index in [0.717, 1.165) is 37.6 Å². The molecule has 1 aromatic carbocycles. The molecule has 0 saturated carbocycles. The SMILES string of the molecule is CC(C)CC(CCl)c1ccc2c(c1)OCCCO2. The van der Waals surface area contributed by atoms with Crippen LogP contribution in [-0.4, -0.2) is 19.1 Å². The Morgan fingerprint density at radius 2 is 1.89 bits per heavy atom. The smallest absolute Gasteiger partial charge is 0.161 e. The van der Waals surface area contributed by atoms with Crippen molar-refractivity contribution < 1.29 is 9.47 Å². The van der Waals surface area contributed by atoms with Gasteiger partial charge in [0.1, 0.15) is 0 Å². The summed E-state index contributed by atoms with van der Waals surface area (Å²) < 4.78 is 11.4. The van der Waals surface area contributed by atoms with E-state index in [2.05, 4.69) is 26.0 Å². The number of fused-ring (bicyclic) bond motifs is 1. The molecule has 1 heterocycles. The van der Waals surface area contributed by atoms with Gasteiger partial charge in [-0.25, -0.2) is 0 Å². The molecule has 0 spiro atoms. The molecule has 1 aliphatic heterocycles. The maximum absolute atomic E-state index is 6.09. The number of hydrogen-bond acceptors (Lipinski definition) is 2. The van der Waals surface area contributed by atoms with Crippen LogP contribution in [0.5, 0.6) is 11.5 Å². The van der Waals surface area contributed by atoms with E-state index in [1.807, 2.05) is 6.07 Å². The van der Waals surface area contributed by atoms with Gasteiger partial charge in [-0.1, -0.05) is 19.9 Å². The van der Waals surface area contributed by atoms with Crippen LogP contribution in [0.4, 0.5) is 0 Å². The lowest BCUT2D eigenvalue weighted by Crippen LogP contribution is -2.05. The highest BCUT2D eigenvalue weighted by Crippen LogP contribution is 2.35. The van der Waals surface area contributed by atoms with Gasteiger partial charge in [0.05, 0.1) is 13.2 Å². The average Bonchev–Trinajstić information content (AvgIpc) is 2.59. The lowest BCUT2D eigenvalue weighted by molar-refractivity contribution is 0.297. The molecule has 0 saturated heterocycles. The van der Waals surface area contributed by atoms with Gasteiger partial charge in [0.25, 0.3) is 0 Å². The minimum absolute atomic E-state index is 0.392. The number of halogens is 1. The molecule has 0 N–H and O–H groups in total. The molecule has 2 rings (SSSR count). The van der Waals surface area contributed by atoms with Gasteiger partial charge in [-0.15, -0.1) is 11.6 Å². The third kappa shape index (κ3) is 3.32. The van der Waals surface area contributed by atoms with Crippen LogP contribution in [0.15, 0.2) is 18.2 Å². The van der Waals surface area contributed by atoms with Crippen LogP contribution in [0.25, 0.3) is 0 Å². The standard InChI is InChI=1S/C15H21ClO2/c1-11(2)8-13(10-16)12-4-5-14-15(9-12)18-7-3-6-17-14/h4-5,9,11,13H,3,6-8,10H2,1-2H3. The first-order chi connectivity index (χ1) is 8.70. The third-order valence-corrected chi connectivity index (χ3v) is 3.56. The van der Waals surface area contributed by atoms with E-state index in [1.54, 1.807) is 0 Å². The Balaban J connectivity index is 2.20. The molecule has 1 aromatic rings. The van der Waals surface area contributed by atoms with Crippen LogP contribution in [-0.2, 0) is 0 Å². The van der Waals surface area contributed by atoms with Crippen LogP contribution >= 0.6 is 11.6 Å². The van der Waals surface area contributed by atoms with E-state index in [0.29, 0.717) is 17.7 Å². The summed E-state index contributed by atoms with van der Waals surface area (Å²) in [4.78, 5) is 0. The minimum Gasteiger partial charge on any atom is -0.490 e. The fraction of sp³-hybridized carbons (Fsp3) is 0.600. The molecule has 3 heteroatoms. The molecular formula is C15H21ClO2. The van der Waals surface area contributed by atoms with E-state index in [4.69, 9.17) is 21.1 Å². The van der Waals surface area contributed by atoms with Crippen molar-refractivity contribution in [3.63, 3.8) is 0 Å². The number of ether oxygens (including phenoxy) is 2. The van der Waals surface area contributed by atoms with Crippen LogP contribution < -0.4 is 9.47 Å². The second-order valence-electron chi connectivity index (χ2n) is 5.24. The quantitative estimate of drug-likeness (QED) is 0.762. The fourth-order valence-corrected chi connectivity index (χ4v) is 2.60. The van der Waals surface area contributed by atoms with Crippen LogP contribution in [0.3, 0.4) is 0 Å². The van der Waals surface area contributed by atoms with Crippen molar-refractivity contribution in [3.8, 4) is 11.5 Å². The number of rotatable bonds is 4. The van der Waals surface area contributed by atoms with Crippen molar-refractivity contribution >= 4 is 11.6 Å². The van der Waals surface area contributed by atoms with Gasteiger partial charge in [-0.2, -0.15) is 0 Å². The van der Waals surface area contributed by atoms with Gasteiger partial charge in [0.15, 0.2) is 11.5 Å². The molecular weight excluding hydrogens is 248 g/mol. The fourth-order valence-electron chi connectivity index (χ4n) is 2.29. The first kappa shape index (κ1) is 13.5. The van der Waals surface area contributed by atoms with Gasteiger partial charge in [-0.05, 0) is 36.0 Å². The Labute approximate surface area is 114 Å². The molecule has 1 atom stereocenters. The molecule has 1 aliphatic rings. The molecule has 0 aromatic heterocycles. The van der Waals surface area contributed by atoms with E-state index < -0.39 is 0 Å². The van der Waals surface area contributed by atoms with E-state index in [9.17, 15) is 0 Å². The maximum atomic E-state index is 6.09. The van der Waals surface area contributed by atoms with E-state index in [-0.39, 0.29) is 0 Å². The monoisotopic (exact) mass is 268 g/mol. The van der Waals surface area contributed by atoms with Crippen LogP contribution in [0.1, 0.15) is 38.2 Å². The number of benzene rings is 1. The van der Waals surface area contributed by atoms with Crippen molar-refractivity contribution in [2.75, 3.05) is 19.1 Å². The molecule has 0 fully saturated rings. The van der Waals surface area contributed by atoms with Crippen LogP contribution in [0.2, 0.25) is 0 Å². The molecule has 0 aliphatic carbocycles. The molecule has 18 heavy (non-hydrogen) atoms. The summed E-state index contributed by atoms with van der Waals surface area (Å²) in [6.07, 6.45) is 2.04. The Hall–Kier alpha value is -0.890. The van der Waals surface area contributed by atoms with Gasteiger partial charge in [-0.3, -0.25) is 0 Å². The summed E-state index contributed by atoms with van der Waals surface area (Å²) in [7, 11) is 0. The third-order valence-electron chi connectivity index (χ3n) is 3.19. The van der Waals surface area contributed by atoms with E-state index in [1.165, 1.54) is 5.56 Å². The van der Waals surface area contributed by atoms with Crippen LogP contribution in [0, 0.1) is 5.92 Å². The maximum Gasteiger partial charge on any atom is 0.161 e. The summed E-state index contributed by atoms with van der Waals surface area (Å²) in [5.74, 6) is 3.41. The Bertz CT molecular complexity index is 390. The zero-order valence-electron chi connectivity index (χ0n) is 11.1. The van der Waals surface area contributed by atoms with Crippen molar-refractivity contribution in [1.29, 1.82) is 0 Å². The summed E-state index contributed by atoms with van der Waals surface area (Å²) in [6.45, 7) is 5.91. The molecule has 1 unspecified atom stereocenters. The van der Waals surface area contributed by atoms with Gasteiger partial charge < -0.3 is 9.47 Å². The average molecular weight is 269 g/mol. The molecule has 0 amide bonds. The Morgan fingerprint density at radius 1 is 1.17 bits per heavy atom.